The molecule has 30 heavy (non-hydrogen) atoms. The summed E-state index contributed by atoms with van der Waals surface area (Å²) in [5, 5.41) is 6.66. The van der Waals surface area contributed by atoms with Gasteiger partial charge in [-0.05, 0) is 43.2 Å². The summed E-state index contributed by atoms with van der Waals surface area (Å²) >= 11 is 0. The minimum atomic E-state index is 0. The third kappa shape index (κ3) is 6.94. The molecule has 7 nitrogen and oxygen atoms in total. The first-order chi connectivity index (χ1) is 14.2. The molecule has 0 amide bonds. The molecule has 1 heterocycles. The number of aliphatic imine (C=N–C) groups is 1. The molecule has 2 aromatic rings. The molecule has 2 aromatic carbocycles. The van der Waals surface area contributed by atoms with Gasteiger partial charge >= 0.3 is 0 Å². The van der Waals surface area contributed by atoms with Crippen molar-refractivity contribution in [1.82, 2.24) is 10.6 Å². The fourth-order valence-electron chi connectivity index (χ4n) is 2.91. The lowest BCUT2D eigenvalue weighted by Crippen LogP contribution is -2.36. The molecular weight excluding hydrogens is 497 g/mol. The first kappa shape index (κ1) is 24.1. The van der Waals surface area contributed by atoms with Crippen LogP contribution in [0.3, 0.4) is 0 Å². The Labute approximate surface area is 195 Å². The Morgan fingerprint density at radius 1 is 1.07 bits per heavy atom. The van der Waals surface area contributed by atoms with Gasteiger partial charge in [0.15, 0.2) is 17.5 Å². The number of halogens is 1. The number of ether oxygens (including phenoxy) is 4. The quantitative estimate of drug-likeness (QED) is 0.225. The lowest BCUT2D eigenvalue weighted by molar-refractivity contribution is 0.145. The van der Waals surface area contributed by atoms with E-state index in [-0.39, 0.29) is 30.8 Å². The van der Waals surface area contributed by atoms with E-state index in [2.05, 4.69) is 34.7 Å². The van der Waals surface area contributed by atoms with Gasteiger partial charge in [-0.3, -0.25) is 0 Å². The summed E-state index contributed by atoms with van der Waals surface area (Å²) < 4.78 is 21.7. The van der Waals surface area contributed by atoms with Crippen molar-refractivity contribution >= 4 is 29.9 Å². The Balaban J connectivity index is 0.00000320. The van der Waals surface area contributed by atoms with Crippen LogP contribution in [0, 0.1) is 6.92 Å². The normalized spacial score (nSPS) is 12.3. The van der Waals surface area contributed by atoms with Crippen molar-refractivity contribution in [2.75, 3.05) is 33.7 Å². The zero-order valence-electron chi connectivity index (χ0n) is 17.7. The highest BCUT2D eigenvalue weighted by Gasteiger charge is 2.13. The van der Waals surface area contributed by atoms with Crippen molar-refractivity contribution < 1.29 is 18.9 Å². The molecule has 0 saturated carbocycles. The van der Waals surface area contributed by atoms with Crippen LogP contribution >= 0.6 is 24.0 Å². The highest BCUT2D eigenvalue weighted by Crippen LogP contribution is 2.32. The van der Waals surface area contributed by atoms with Gasteiger partial charge in [-0.2, -0.15) is 0 Å². The fraction of sp³-hybridized carbons (Fsp3) is 0.409. The zero-order valence-corrected chi connectivity index (χ0v) is 20.0. The lowest BCUT2D eigenvalue weighted by atomic mass is 10.1. The van der Waals surface area contributed by atoms with Crippen LogP contribution < -0.4 is 24.8 Å². The van der Waals surface area contributed by atoms with E-state index in [4.69, 9.17) is 18.9 Å². The molecule has 0 bridgehead atoms. The topological polar surface area (TPSA) is 73.3 Å². The zero-order chi connectivity index (χ0) is 20.5. The molecule has 0 fully saturated rings. The molecule has 0 aromatic heterocycles. The van der Waals surface area contributed by atoms with Crippen molar-refractivity contribution in [2.45, 2.75) is 26.9 Å². The molecular formula is C22H30IN3O4. The molecule has 0 aliphatic carbocycles. The van der Waals surface area contributed by atoms with Crippen molar-refractivity contribution in [1.29, 1.82) is 0 Å². The van der Waals surface area contributed by atoms with E-state index in [1.165, 1.54) is 0 Å². The van der Waals surface area contributed by atoms with Crippen LogP contribution in [-0.2, 0) is 17.8 Å². The Kier molecular flexibility index (Phi) is 10.0. The maximum Gasteiger partial charge on any atom is 0.231 e. The van der Waals surface area contributed by atoms with Crippen LogP contribution in [0.4, 0.5) is 0 Å². The van der Waals surface area contributed by atoms with Crippen molar-refractivity contribution in [3.05, 3.63) is 53.1 Å². The summed E-state index contributed by atoms with van der Waals surface area (Å²) in [6.45, 7) is 7.37. The molecule has 0 unspecified atom stereocenters. The number of benzene rings is 2. The number of nitrogens with one attached hydrogen (secondary N) is 2. The predicted molar refractivity (Wildman–Crippen MR) is 128 cm³/mol. The molecule has 164 valence electrons. The van der Waals surface area contributed by atoms with Crippen LogP contribution in [0.2, 0.25) is 0 Å². The third-order valence-corrected chi connectivity index (χ3v) is 4.41. The first-order valence-electron chi connectivity index (χ1n) is 9.81. The number of methoxy groups -OCH3 is 1. The number of aryl methyl sites for hydroxylation is 1. The highest BCUT2D eigenvalue weighted by molar-refractivity contribution is 14.0. The number of hydrogen-bond acceptors (Lipinski definition) is 5. The predicted octanol–water partition coefficient (Wildman–Crippen LogP) is 3.62. The number of nitrogens with zero attached hydrogens (tertiary/aromatic N) is 1. The van der Waals surface area contributed by atoms with E-state index >= 15 is 0 Å². The lowest BCUT2D eigenvalue weighted by Gasteiger charge is -2.15. The van der Waals surface area contributed by atoms with Crippen LogP contribution in [0.1, 0.15) is 23.6 Å². The summed E-state index contributed by atoms with van der Waals surface area (Å²) in [5.74, 6) is 3.16. The molecule has 0 spiro atoms. The van der Waals surface area contributed by atoms with E-state index in [0.29, 0.717) is 26.3 Å². The average Bonchev–Trinajstić information content (AvgIpc) is 3.19. The van der Waals surface area contributed by atoms with Gasteiger partial charge in [-0.15, -0.1) is 24.0 Å². The van der Waals surface area contributed by atoms with Gasteiger partial charge in [0.2, 0.25) is 6.79 Å². The summed E-state index contributed by atoms with van der Waals surface area (Å²) in [4.78, 5) is 4.68. The van der Waals surface area contributed by atoms with Gasteiger partial charge < -0.3 is 29.6 Å². The number of guanidine groups is 1. The summed E-state index contributed by atoms with van der Waals surface area (Å²) in [5.41, 5.74) is 3.29. The smallest absolute Gasteiger partial charge is 0.231 e. The molecule has 3 rings (SSSR count). The SMILES string of the molecule is CCNC(=NCc1ccc2c(c1)OCO2)NCc1ccc(C)cc1OCCOC.I. The van der Waals surface area contributed by atoms with E-state index in [1.807, 2.05) is 31.2 Å². The van der Waals surface area contributed by atoms with Crippen molar-refractivity contribution in [3.8, 4) is 17.2 Å². The summed E-state index contributed by atoms with van der Waals surface area (Å²) in [6.07, 6.45) is 0. The standard InChI is InChI=1S/C22H29N3O4.HI/c1-4-23-22(24-13-17-6-8-19-21(12-17)29-15-28-19)25-14-18-7-5-16(2)11-20(18)27-10-9-26-3;/h5-8,11-12H,4,9-10,13-15H2,1-3H3,(H2,23,24,25);1H. The van der Waals surface area contributed by atoms with Crippen LogP contribution in [0.25, 0.3) is 0 Å². The van der Waals surface area contributed by atoms with E-state index in [9.17, 15) is 0 Å². The summed E-state index contributed by atoms with van der Waals surface area (Å²) in [6, 6.07) is 12.1. The van der Waals surface area contributed by atoms with Gasteiger partial charge in [-0.25, -0.2) is 4.99 Å². The second-order valence-corrected chi connectivity index (χ2v) is 6.69. The fourth-order valence-corrected chi connectivity index (χ4v) is 2.91. The Morgan fingerprint density at radius 3 is 2.70 bits per heavy atom. The second kappa shape index (κ2) is 12.5. The van der Waals surface area contributed by atoms with Crippen molar-refractivity contribution in [2.24, 2.45) is 4.99 Å². The number of rotatable bonds is 9. The number of fused-ring (bicyclic) bond motifs is 1. The molecule has 8 heteroatoms. The Morgan fingerprint density at radius 2 is 1.90 bits per heavy atom. The van der Waals surface area contributed by atoms with Gasteiger partial charge in [0.1, 0.15) is 12.4 Å². The van der Waals surface area contributed by atoms with Gasteiger partial charge in [0.25, 0.3) is 0 Å². The summed E-state index contributed by atoms with van der Waals surface area (Å²) in [7, 11) is 1.67. The maximum atomic E-state index is 5.87. The number of hydrogen-bond donors (Lipinski definition) is 2. The van der Waals surface area contributed by atoms with Crippen LogP contribution in [-0.4, -0.2) is 39.6 Å². The van der Waals surface area contributed by atoms with E-state index in [1.54, 1.807) is 7.11 Å². The highest BCUT2D eigenvalue weighted by atomic mass is 127. The largest absolute Gasteiger partial charge is 0.491 e. The Bertz CT molecular complexity index is 845. The van der Waals surface area contributed by atoms with Gasteiger partial charge in [-0.1, -0.05) is 18.2 Å². The maximum absolute atomic E-state index is 5.87. The van der Waals surface area contributed by atoms with Crippen LogP contribution in [0.15, 0.2) is 41.4 Å². The van der Waals surface area contributed by atoms with Gasteiger partial charge in [0.05, 0.1) is 13.2 Å². The Hall–Kier alpha value is -2.20. The molecule has 1 aliphatic rings. The average molecular weight is 527 g/mol. The first-order valence-corrected chi connectivity index (χ1v) is 9.81. The van der Waals surface area contributed by atoms with E-state index in [0.717, 1.165) is 46.4 Å². The molecule has 1 aliphatic heterocycles. The second-order valence-electron chi connectivity index (χ2n) is 6.69. The molecule has 0 atom stereocenters. The molecule has 2 N–H and O–H groups in total. The molecule has 0 radical (unpaired) electrons. The minimum Gasteiger partial charge on any atom is -0.491 e. The minimum absolute atomic E-state index is 0. The van der Waals surface area contributed by atoms with Crippen molar-refractivity contribution in [3.63, 3.8) is 0 Å². The van der Waals surface area contributed by atoms with Crippen LogP contribution in [0.5, 0.6) is 17.2 Å². The molecule has 0 saturated heterocycles. The third-order valence-electron chi connectivity index (χ3n) is 4.41. The monoisotopic (exact) mass is 527 g/mol. The van der Waals surface area contributed by atoms with Gasteiger partial charge in [0, 0.05) is 25.8 Å². The van der Waals surface area contributed by atoms with E-state index < -0.39 is 0 Å².